The van der Waals surface area contributed by atoms with Crippen molar-refractivity contribution in [3.05, 3.63) is 62.2 Å². The first-order valence-corrected chi connectivity index (χ1v) is 7.55. The van der Waals surface area contributed by atoms with E-state index in [1.807, 2.05) is 0 Å². The molecule has 108 valence electrons. The van der Waals surface area contributed by atoms with Crippen molar-refractivity contribution >= 4 is 51.7 Å². The average Bonchev–Trinajstić information content (AvgIpc) is 2.43. The normalized spacial score (nSPS) is 10.2. The zero-order valence-electron chi connectivity index (χ0n) is 10.9. The Balaban J connectivity index is 2.08. The smallest absolute Gasteiger partial charge is 0.255 e. The molecule has 4 nitrogen and oxygen atoms in total. The van der Waals surface area contributed by atoms with Crippen LogP contribution in [0.5, 0.6) is 0 Å². The molecule has 2 aromatic carbocycles. The molecule has 0 spiro atoms. The maximum atomic E-state index is 12.1. The van der Waals surface area contributed by atoms with Gasteiger partial charge in [0.05, 0.1) is 11.4 Å². The second-order valence-electron chi connectivity index (χ2n) is 4.42. The third-order valence-electron chi connectivity index (χ3n) is 2.77. The third-order valence-corrected chi connectivity index (χ3v) is 4.34. The highest BCUT2D eigenvalue weighted by Crippen LogP contribution is 2.20. The molecule has 2 rings (SSSR count). The van der Waals surface area contributed by atoms with E-state index in [0.717, 1.165) is 9.13 Å². The Morgan fingerprint density at radius 2 is 1.81 bits per heavy atom. The minimum absolute atomic E-state index is 0.182. The molecule has 0 aliphatic rings. The maximum absolute atomic E-state index is 12.1. The fourth-order valence-electron chi connectivity index (χ4n) is 1.75. The lowest BCUT2D eigenvalue weighted by Gasteiger charge is -2.07. The molecule has 0 fully saturated rings. The Hall–Kier alpha value is -1.60. The summed E-state index contributed by atoms with van der Waals surface area (Å²) in [5.74, 6) is -0.628. The molecule has 3 N–H and O–H groups in total. The zero-order valence-corrected chi connectivity index (χ0v) is 13.8. The first kappa shape index (κ1) is 15.8. The Morgan fingerprint density at radius 3 is 2.38 bits per heavy atom. The SMILES string of the molecule is NC(=O)Cc1ccc(NC(=O)c2ccc(I)c(Cl)c2)cc1. The van der Waals surface area contributed by atoms with Crippen molar-refractivity contribution in [3.8, 4) is 0 Å². The molecular formula is C15H12ClIN2O2. The molecule has 2 amide bonds. The number of hydrogen-bond donors (Lipinski definition) is 2. The van der Waals surface area contributed by atoms with Gasteiger partial charge in [-0.3, -0.25) is 9.59 Å². The van der Waals surface area contributed by atoms with Crippen molar-refractivity contribution < 1.29 is 9.59 Å². The highest BCUT2D eigenvalue weighted by molar-refractivity contribution is 14.1. The molecule has 6 heteroatoms. The minimum Gasteiger partial charge on any atom is -0.369 e. The highest BCUT2D eigenvalue weighted by atomic mass is 127. The fourth-order valence-corrected chi connectivity index (χ4v) is 2.26. The van der Waals surface area contributed by atoms with Gasteiger partial charge in [0.25, 0.3) is 5.91 Å². The summed E-state index contributed by atoms with van der Waals surface area (Å²) < 4.78 is 0.890. The molecule has 0 heterocycles. The Bertz CT molecular complexity index is 687. The zero-order chi connectivity index (χ0) is 15.4. The predicted molar refractivity (Wildman–Crippen MR) is 91.5 cm³/mol. The third kappa shape index (κ3) is 4.44. The van der Waals surface area contributed by atoms with Crippen LogP contribution in [0.1, 0.15) is 15.9 Å². The second kappa shape index (κ2) is 6.91. The fraction of sp³-hybridized carbons (Fsp3) is 0.0667. The van der Waals surface area contributed by atoms with Crippen LogP contribution in [-0.4, -0.2) is 11.8 Å². The molecule has 0 aliphatic carbocycles. The quantitative estimate of drug-likeness (QED) is 0.754. The van der Waals surface area contributed by atoms with E-state index in [9.17, 15) is 9.59 Å². The average molecular weight is 415 g/mol. The van der Waals surface area contributed by atoms with Gasteiger partial charge in [-0.1, -0.05) is 23.7 Å². The summed E-state index contributed by atoms with van der Waals surface area (Å²) in [6, 6.07) is 12.1. The van der Waals surface area contributed by atoms with Crippen LogP contribution in [0.3, 0.4) is 0 Å². The molecule has 0 atom stereocenters. The summed E-state index contributed by atoms with van der Waals surface area (Å²) in [5.41, 5.74) is 7.06. The van der Waals surface area contributed by atoms with Crippen molar-refractivity contribution in [2.24, 2.45) is 5.73 Å². The van der Waals surface area contributed by atoms with Crippen LogP contribution in [0.25, 0.3) is 0 Å². The number of halogens is 2. The van der Waals surface area contributed by atoms with Crippen molar-refractivity contribution in [2.75, 3.05) is 5.32 Å². The van der Waals surface area contributed by atoms with Gasteiger partial charge in [0.2, 0.25) is 5.91 Å². The first-order valence-electron chi connectivity index (χ1n) is 6.09. The lowest BCUT2D eigenvalue weighted by Crippen LogP contribution is -2.14. The van der Waals surface area contributed by atoms with Gasteiger partial charge in [-0.25, -0.2) is 0 Å². The van der Waals surface area contributed by atoms with Crippen LogP contribution in [-0.2, 0) is 11.2 Å². The van der Waals surface area contributed by atoms with Gasteiger partial charge in [0.1, 0.15) is 0 Å². The number of nitrogens with two attached hydrogens (primary N) is 1. The van der Waals surface area contributed by atoms with Crippen LogP contribution < -0.4 is 11.1 Å². The number of anilines is 1. The number of amides is 2. The Kier molecular flexibility index (Phi) is 5.19. The number of carbonyl (C=O) groups is 2. The number of hydrogen-bond acceptors (Lipinski definition) is 2. The second-order valence-corrected chi connectivity index (χ2v) is 5.99. The topological polar surface area (TPSA) is 72.2 Å². The number of carbonyl (C=O) groups excluding carboxylic acids is 2. The van der Waals surface area contributed by atoms with Crippen LogP contribution in [0, 0.1) is 3.57 Å². The molecule has 0 aliphatic heterocycles. The predicted octanol–water partition coefficient (Wildman–Crippen LogP) is 3.22. The molecule has 0 saturated heterocycles. The lowest BCUT2D eigenvalue weighted by molar-refractivity contribution is -0.117. The van der Waals surface area contributed by atoms with E-state index in [1.165, 1.54) is 0 Å². The molecular weight excluding hydrogens is 403 g/mol. The molecule has 0 radical (unpaired) electrons. The maximum Gasteiger partial charge on any atom is 0.255 e. The van der Waals surface area contributed by atoms with Gasteiger partial charge < -0.3 is 11.1 Å². The minimum atomic E-state index is -0.389. The van der Waals surface area contributed by atoms with Crippen LogP contribution in [0.4, 0.5) is 5.69 Å². The summed E-state index contributed by atoms with van der Waals surface area (Å²) >= 11 is 8.10. The largest absolute Gasteiger partial charge is 0.369 e. The summed E-state index contributed by atoms with van der Waals surface area (Å²) in [6.07, 6.45) is 0.182. The number of nitrogens with one attached hydrogen (secondary N) is 1. The number of benzene rings is 2. The van der Waals surface area contributed by atoms with Crippen LogP contribution in [0.2, 0.25) is 5.02 Å². The van der Waals surface area contributed by atoms with E-state index >= 15 is 0 Å². The Morgan fingerprint density at radius 1 is 1.14 bits per heavy atom. The van der Waals surface area contributed by atoms with E-state index in [4.69, 9.17) is 17.3 Å². The Labute approximate surface area is 140 Å². The summed E-state index contributed by atoms with van der Waals surface area (Å²) in [6.45, 7) is 0. The molecule has 2 aromatic rings. The lowest BCUT2D eigenvalue weighted by atomic mass is 10.1. The van der Waals surface area contributed by atoms with Gasteiger partial charge in [-0.05, 0) is 58.5 Å². The van der Waals surface area contributed by atoms with E-state index in [-0.39, 0.29) is 18.2 Å². The molecule has 0 saturated carbocycles. The van der Waals surface area contributed by atoms with Crippen LogP contribution in [0.15, 0.2) is 42.5 Å². The number of rotatable bonds is 4. The van der Waals surface area contributed by atoms with Crippen molar-refractivity contribution in [1.82, 2.24) is 0 Å². The van der Waals surface area contributed by atoms with Crippen molar-refractivity contribution in [3.63, 3.8) is 0 Å². The highest BCUT2D eigenvalue weighted by Gasteiger charge is 2.08. The van der Waals surface area contributed by atoms with E-state index in [0.29, 0.717) is 16.3 Å². The molecule has 0 bridgehead atoms. The van der Waals surface area contributed by atoms with Crippen molar-refractivity contribution in [2.45, 2.75) is 6.42 Å². The van der Waals surface area contributed by atoms with E-state index in [1.54, 1.807) is 42.5 Å². The van der Waals surface area contributed by atoms with Gasteiger partial charge in [0.15, 0.2) is 0 Å². The van der Waals surface area contributed by atoms with Crippen LogP contribution >= 0.6 is 34.2 Å². The summed E-state index contributed by atoms with van der Waals surface area (Å²) in [4.78, 5) is 22.9. The standard InChI is InChI=1S/C15H12ClIN2O2/c16-12-8-10(3-6-13(12)17)15(21)19-11-4-1-9(2-5-11)7-14(18)20/h1-6,8H,7H2,(H2,18,20)(H,19,21). The van der Waals surface area contributed by atoms with E-state index < -0.39 is 0 Å². The van der Waals surface area contributed by atoms with Gasteiger partial charge in [-0.15, -0.1) is 0 Å². The van der Waals surface area contributed by atoms with E-state index in [2.05, 4.69) is 27.9 Å². The molecule has 0 unspecified atom stereocenters. The number of primary amides is 1. The van der Waals surface area contributed by atoms with Gasteiger partial charge >= 0.3 is 0 Å². The summed E-state index contributed by atoms with van der Waals surface area (Å²) in [7, 11) is 0. The first-order chi connectivity index (χ1) is 9.95. The molecule has 21 heavy (non-hydrogen) atoms. The monoisotopic (exact) mass is 414 g/mol. The van der Waals surface area contributed by atoms with Gasteiger partial charge in [0, 0.05) is 14.8 Å². The van der Waals surface area contributed by atoms with Crippen molar-refractivity contribution in [1.29, 1.82) is 0 Å². The van der Waals surface area contributed by atoms with Gasteiger partial charge in [-0.2, -0.15) is 0 Å². The molecule has 0 aromatic heterocycles. The summed E-state index contributed by atoms with van der Waals surface area (Å²) in [5, 5.41) is 3.31.